The van der Waals surface area contributed by atoms with E-state index in [-0.39, 0.29) is 11.5 Å². The van der Waals surface area contributed by atoms with Crippen LogP contribution >= 0.6 is 0 Å². The largest absolute Gasteiger partial charge is 0.508 e. The summed E-state index contributed by atoms with van der Waals surface area (Å²) in [5.74, 6) is 0.532. The molecule has 0 atom stereocenters. The van der Waals surface area contributed by atoms with Crippen molar-refractivity contribution in [3.8, 4) is 5.75 Å². The number of allylic oxidation sites excluding steroid dienone is 2. The molecular weight excluding hydrogens is 564 g/mol. The minimum absolute atomic E-state index is 0.0595. The van der Waals surface area contributed by atoms with Crippen molar-refractivity contribution < 1.29 is 24.3 Å². The van der Waals surface area contributed by atoms with Gasteiger partial charge in [0.25, 0.3) is 0 Å². The summed E-state index contributed by atoms with van der Waals surface area (Å²) in [6.07, 6.45) is 6.41. The van der Waals surface area contributed by atoms with Crippen molar-refractivity contribution in [1.29, 1.82) is 0 Å². The van der Waals surface area contributed by atoms with E-state index in [4.69, 9.17) is 9.63 Å². The molecule has 0 aliphatic heterocycles. The van der Waals surface area contributed by atoms with Crippen LogP contribution in [0.2, 0.25) is 0 Å². The molecule has 0 bridgehead atoms. The van der Waals surface area contributed by atoms with Gasteiger partial charge in [0.2, 0.25) is 0 Å². The van der Waals surface area contributed by atoms with Gasteiger partial charge in [-0.15, -0.1) is 0 Å². The number of benzene rings is 3. The van der Waals surface area contributed by atoms with Gasteiger partial charge in [-0.3, -0.25) is 9.59 Å². The second-order valence-electron chi connectivity index (χ2n) is 10.9. The number of aldehydes is 2. The van der Waals surface area contributed by atoms with Crippen molar-refractivity contribution in [2.24, 2.45) is 11.1 Å². The Bertz CT molecular complexity index is 1690. The summed E-state index contributed by atoms with van der Waals surface area (Å²) in [5, 5.41) is 14.9. The number of oxime groups is 1. The normalized spacial score (nSPS) is 12.1. The predicted octanol–water partition coefficient (Wildman–Crippen LogP) is 8.24. The molecule has 0 saturated heterocycles. The zero-order valence-corrected chi connectivity index (χ0v) is 26.7. The number of nitrogens with zero attached hydrogens (tertiary/aromatic N) is 2. The van der Waals surface area contributed by atoms with Crippen LogP contribution in [0.3, 0.4) is 0 Å². The Balaban J connectivity index is 0.000000426. The van der Waals surface area contributed by atoms with Crippen molar-refractivity contribution in [2.45, 2.75) is 53.5 Å². The molecule has 0 radical (unpaired) electrons. The van der Waals surface area contributed by atoms with E-state index in [1.54, 1.807) is 31.4 Å². The van der Waals surface area contributed by atoms with Gasteiger partial charge in [-0.2, -0.15) is 0 Å². The number of hydrogen-bond acceptors (Lipinski definition) is 6. The van der Waals surface area contributed by atoms with E-state index < -0.39 is 0 Å². The van der Waals surface area contributed by atoms with Gasteiger partial charge in [-0.05, 0) is 98.7 Å². The van der Waals surface area contributed by atoms with E-state index in [0.717, 1.165) is 77.3 Å². The minimum atomic E-state index is -0.0595. The van der Waals surface area contributed by atoms with Crippen molar-refractivity contribution in [3.05, 3.63) is 118 Å². The van der Waals surface area contributed by atoms with Gasteiger partial charge in [-0.1, -0.05) is 55.9 Å². The van der Waals surface area contributed by atoms with Crippen LogP contribution < -0.4 is 0 Å². The van der Waals surface area contributed by atoms with Crippen molar-refractivity contribution >= 4 is 41.0 Å². The molecule has 0 fully saturated rings. The van der Waals surface area contributed by atoms with Crippen molar-refractivity contribution in [2.75, 3.05) is 7.11 Å². The van der Waals surface area contributed by atoms with Gasteiger partial charge in [0, 0.05) is 45.4 Å². The molecule has 1 aliphatic rings. The minimum Gasteiger partial charge on any atom is -0.508 e. The first kappa shape index (κ1) is 34.5. The number of aromatic nitrogens is 1. The number of fused-ring (bicyclic) bond motifs is 3. The van der Waals surface area contributed by atoms with Crippen LogP contribution in [0.15, 0.2) is 95.7 Å². The van der Waals surface area contributed by atoms with Crippen molar-refractivity contribution in [3.63, 3.8) is 0 Å². The molecule has 5 rings (SSSR count). The Morgan fingerprint density at radius 1 is 1.02 bits per heavy atom. The lowest BCUT2D eigenvalue weighted by molar-refractivity contribution is -0.106. The third-order valence-corrected chi connectivity index (χ3v) is 7.35. The fourth-order valence-electron chi connectivity index (χ4n) is 5.31. The van der Waals surface area contributed by atoms with Crippen molar-refractivity contribution in [1.82, 2.24) is 4.57 Å². The third-order valence-electron chi connectivity index (χ3n) is 7.35. The summed E-state index contributed by atoms with van der Waals surface area (Å²) in [6.45, 7) is 13.1. The first-order valence-electron chi connectivity index (χ1n) is 15.1. The Morgan fingerprint density at radius 2 is 1.67 bits per heavy atom. The summed E-state index contributed by atoms with van der Waals surface area (Å²) in [7, 11) is 1.57. The van der Waals surface area contributed by atoms with Gasteiger partial charge < -0.3 is 19.3 Å². The standard InChI is InChI=1S/C29H32N2O3.C7H6O.C2H4O/c1-6-31-27-13-9-21(19(4)26(30-34-5)15-18(2)3)16-24(27)25-17-22(10-14-28(25)31)29(33)20-7-11-23(32)12-8-20;8-6-7-4-2-1-3-5-7;1-2-3/h7-8,10-12,14,16-18,32H,4,6,9,13,15H2,1-3,5H3;1-6H;2H,1H3/b30-26+;;. The average molecular weight is 607 g/mol. The molecule has 1 N–H and O–H groups in total. The molecule has 0 amide bonds. The monoisotopic (exact) mass is 606 g/mol. The summed E-state index contributed by atoms with van der Waals surface area (Å²) >= 11 is 0. The number of carbonyl (C=O) groups is 3. The van der Waals surface area contributed by atoms with Crippen LogP contribution in [-0.4, -0.2) is 40.9 Å². The Labute approximate surface area is 265 Å². The van der Waals surface area contributed by atoms with Crippen LogP contribution in [0.1, 0.15) is 78.1 Å². The lowest BCUT2D eigenvalue weighted by Gasteiger charge is -2.19. The molecule has 0 spiro atoms. The number of rotatable bonds is 9. The Morgan fingerprint density at radius 3 is 2.22 bits per heavy atom. The smallest absolute Gasteiger partial charge is 0.193 e. The van der Waals surface area contributed by atoms with Gasteiger partial charge in [0.1, 0.15) is 25.4 Å². The van der Waals surface area contributed by atoms with Crippen LogP contribution in [0, 0.1) is 5.92 Å². The molecule has 45 heavy (non-hydrogen) atoms. The molecule has 7 heteroatoms. The highest BCUT2D eigenvalue weighted by Gasteiger charge is 2.23. The second-order valence-corrected chi connectivity index (χ2v) is 10.9. The lowest BCUT2D eigenvalue weighted by Crippen LogP contribution is -2.12. The van der Waals surface area contributed by atoms with Gasteiger partial charge >= 0.3 is 0 Å². The number of carbonyl (C=O) groups excluding carboxylic acids is 3. The Hall–Kier alpha value is -5.04. The molecule has 1 heterocycles. The van der Waals surface area contributed by atoms with E-state index in [0.29, 0.717) is 17.0 Å². The molecule has 1 aliphatic carbocycles. The number of aromatic hydroxyl groups is 1. The third kappa shape index (κ3) is 8.76. The maximum Gasteiger partial charge on any atom is 0.193 e. The first-order valence-corrected chi connectivity index (χ1v) is 15.1. The molecule has 0 unspecified atom stereocenters. The van der Waals surface area contributed by atoms with Crippen LogP contribution in [-0.2, 0) is 22.6 Å². The molecule has 234 valence electrons. The summed E-state index contributed by atoms with van der Waals surface area (Å²) in [6, 6.07) is 21.4. The van der Waals surface area contributed by atoms with Crippen LogP contribution in [0.5, 0.6) is 5.75 Å². The van der Waals surface area contributed by atoms with E-state index in [1.807, 2.05) is 36.4 Å². The quantitative estimate of drug-likeness (QED) is 0.0896. The first-order chi connectivity index (χ1) is 21.7. The van der Waals surface area contributed by atoms with E-state index in [9.17, 15) is 14.7 Å². The number of aryl methyl sites for hydroxylation is 1. The fraction of sp³-hybridized carbons (Fsp3) is 0.263. The predicted molar refractivity (Wildman–Crippen MR) is 182 cm³/mol. The number of hydrogen-bond donors (Lipinski definition) is 1. The van der Waals surface area contributed by atoms with E-state index in [1.165, 1.54) is 24.8 Å². The maximum absolute atomic E-state index is 13.1. The fourth-order valence-corrected chi connectivity index (χ4v) is 5.31. The van der Waals surface area contributed by atoms with Gasteiger partial charge in [-0.25, -0.2) is 0 Å². The Kier molecular flexibility index (Phi) is 12.8. The SMILES string of the molecule is C=C(C1=Cc2c(n(CC)c3ccc(C(=O)c4ccc(O)cc4)cc23)CC1)/C(CC(C)C)=N/OC.CC=O.O=Cc1ccccc1. The number of phenolic OH excluding ortho intramolecular Hbond substituents is 1. The molecule has 3 aromatic carbocycles. The molecule has 1 aromatic heterocycles. The number of ketones is 1. The number of phenols is 1. The summed E-state index contributed by atoms with van der Waals surface area (Å²) in [4.78, 5) is 37.1. The average Bonchev–Trinajstić information content (AvgIpc) is 3.37. The van der Waals surface area contributed by atoms with Gasteiger partial charge in [0.15, 0.2) is 5.78 Å². The van der Waals surface area contributed by atoms with Gasteiger partial charge in [0.05, 0.1) is 5.71 Å². The van der Waals surface area contributed by atoms with Crippen LogP contribution in [0.25, 0.3) is 17.0 Å². The van der Waals surface area contributed by atoms with E-state index >= 15 is 0 Å². The zero-order chi connectivity index (χ0) is 32.9. The van der Waals surface area contributed by atoms with Crippen LogP contribution in [0.4, 0.5) is 0 Å². The molecule has 7 nitrogen and oxygen atoms in total. The lowest BCUT2D eigenvalue weighted by atomic mass is 9.87. The van der Waals surface area contributed by atoms with E-state index in [2.05, 4.69) is 43.1 Å². The zero-order valence-electron chi connectivity index (χ0n) is 26.7. The summed E-state index contributed by atoms with van der Waals surface area (Å²) < 4.78 is 2.34. The molecular formula is C38H42N2O5. The maximum atomic E-state index is 13.1. The summed E-state index contributed by atoms with van der Waals surface area (Å²) in [5.41, 5.74) is 8.46. The molecule has 0 saturated carbocycles. The highest BCUT2D eigenvalue weighted by Crippen LogP contribution is 2.37. The highest BCUT2D eigenvalue weighted by atomic mass is 16.6. The molecule has 4 aromatic rings. The second kappa shape index (κ2) is 16.7. The topological polar surface area (TPSA) is 98.0 Å². The highest BCUT2D eigenvalue weighted by molar-refractivity contribution is 6.11.